The molecule has 6 N–H and O–H groups in total. The zero-order valence-corrected chi connectivity index (χ0v) is 16.1. The highest BCUT2D eigenvalue weighted by Crippen LogP contribution is 2.12. The molecule has 0 radical (unpaired) electrons. The van der Waals surface area contributed by atoms with Crippen LogP contribution in [-0.4, -0.2) is 65.1 Å². The monoisotopic (exact) mass is 406 g/mol. The molecule has 29 heavy (non-hydrogen) atoms. The molecule has 0 aliphatic carbocycles. The predicted octanol–water partition coefficient (Wildman–Crippen LogP) is -1.12. The maximum absolute atomic E-state index is 12.5. The van der Waals surface area contributed by atoms with Crippen molar-refractivity contribution in [2.45, 2.75) is 44.3 Å². The van der Waals surface area contributed by atoms with Gasteiger partial charge in [0.25, 0.3) is 0 Å². The molecule has 2 rings (SSSR count). The Hall–Kier alpha value is -3.14. The Kier molecular flexibility index (Phi) is 7.96. The minimum absolute atomic E-state index is 0.0570. The maximum atomic E-state index is 12.5. The molecule has 10 heteroatoms. The molecular formula is C19H26N4O6. The van der Waals surface area contributed by atoms with E-state index < -0.39 is 36.4 Å². The fraction of sp³-hybridized carbons (Fsp3) is 0.474. The molecule has 10 nitrogen and oxygen atoms in total. The van der Waals surface area contributed by atoms with Crippen LogP contribution in [0.25, 0.3) is 0 Å². The highest BCUT2D eigenvalue weighted by atomic mass is 16.4. The normalized spacial score (nSPS) is 17.8. The lowest BCUT2D eigenvalue weighted by molar-refractivity contribution is -0.138. The molecule has 1 heterocycles. The van der Waals surface area contributed by atoms with E-state index in [1.165, 1.54) is 19.1 Å². The number of hydrogen-bond donors (Lipinski definition) is 6. The molecule has 1 aromatic rings. The summed E-state index contributed by atoms with van der Waals surface area (Å²) in [4.78, 5) is 47.8. The van der Waals surface area contributed by atoms with E-state index in [0.29, 0.717) is 12.0 Å². The summed E-state index contributed by atoms with van der Waals surface area (Å²) in [7, 11) is 0. The fourth-order valence-electron chi connectivity index (χ4n) is 2.95. The van der Waals surface area contributed by atoms with Gasteiger partial charge in [0.05, 0.1) is 6.04 Å². The molecule has 0 aromatic heterocycles. The van der Waals surface area contributed by atoms with E-state index in [4.69, 9.17) is 5.11 Å². The van der Waals surface area contributed by atoms with Crippen LogP contribution in [-0.2, 0) is 25.6 Å². The van der Waals surface area contributed by atoms with Crippen molar-refractivity contribution in [3.05, 3.63) is 29.8 Å². The molecule has 158 valence electrons. The lowest BCUT2D eigenvalue weighted by Gasteiger charge is -2.22. The second kappa shape index (κ2) is 10.4. The van der Waals surface area contributed by atoms with Gasteiger partial charge in [-0.2, -0.15) is 0 Å². The molecule has 3 atom stereocenters. The summed E-state index contributed by atoms with van der Waals surface area (Å²) in [6.45, 7) is 1.67. The first-order chi connectivity index (χ1) is 13.8. The summed E-state index contributed by atoms with van der Waals surface area (Å²) in [6.07, 6.45) is 1.67. The smallest absolute Gasteiger partial charge is 0.322 e. The topological polar surface area (TPSA) is 157 Å². The average Bonchev–Trinajstić information content (AvgIpc) is 3.22. The number of rotatable bonds is 9. The maximum Gasteiger partial charge on any atom is 0.322 e. The number of aliphatic carboxylic acids is 1. The Balaban J connectivity index is 2.00. The summed E-state index contributed by atoms with van der Waals surface area (Å²) < 4.78 is 0. The van der Waals surface area contributed by atoms with Gasteiger partial charge in [-0.05, 0) is 44.0 Å². The lowest BCUT2D eigenvalue weighted by atomic mass is 10.0. The van der Waals surface area contributed by atoms with Crippen LogP contribution < -0.4 is 21.3 Å². The number of carbonyl (C=O) groups is 4. The summed E-state index contributed by atoms with van der Waals surface area (Å²) in [6, 6.07) is 3.82. The standard InChI is InChI=1S/C19H26N4O6/c1-11(22-19(29)14-3-2-8-20-14)17(27)23-15(18(28)21-10-16(25)26)9-12-4-6-13(24)7-5-12/h4-7,11,14-15,20,24H,2-3,8-10H2,1H3,(H,21,28)(H,22,29)(H,23,27)(H,25,26). The van der Waals surface area contributed by atoms with Gasteiger partial charge in [-0.1, -0.05) is 12.1 Å². The Bertz CT molecular complexity index is 746. The van der Waals surface area contributed by atoms with Gasteiger partial charge >= 0.3 is 5.97 Å². The van der Waals surface area contributed by atoms with Crippen LogP contribution in [0.1, 0.15) is 25.3 Å². The van der Waals surface area contributed by atoms with Gasteiger partial charge in [0, 0.05) is 6.42 Å². The SMILES string of the molecule is CC(NC(=O)C1CCCN1)C(=O)NC(Cc1ccc(O)cc1)C(=O)NCC(=O)O. The molecule has 1 saturated heterocycles. The van der Waals surface area contributed by atoms with E-state index in [1.54, 1.807) is 12.1 Å². The molecular weight excluding hydrogens is 380 g/mol. The van der Waals surface area contributed by atoms with Gasteiger partial charge in [0.1, 0.15) is 24.4 Å². The Morgan fingerprint density at radius 1 is 1.14 bits per heavy atom. The first kappa shape index (κ1) is 22.2. The molecule has 3 unspecified atom stereocenters. The number of carboxylic acids is 1. The largest absolute Gasteiger partial charge is 0.508 e. The molecule has 3 amide bonds. The summed E-state index contributed by atoms with van der Waals surface area (Å²) >= 11 is 0. The molecule has 0 spiro atoms. The van der Waals surface area contributed by atoms with Crippen molar-refractivity contribution in [3.63, 3.8) is 0 Å². The molecule has 1 aromatic carbocycles. The summed E-state index contributed by atoms with van der Waals surface area (Å²) in [5.74, 6) is -2.66. The van der Waals surface area contributed by atoms with E-state index in [0.717, 1.165) is 13.0 Å². The van der Waals surface area contributed by atoms with Crippen LogP contribution in [0, 0.1) is 0 Å². The first-order valence-corrected chi connectivity index (χ1v) is 9.38. The lowest BCUT2D eigenvalue weighted by Crippen LogP contribution is -2.55. The van der Waals surface area contributed by atoms with Crippen LogP contribution in [0.5, 0.6) is 5.75 Å². The molecule has 1 aliphatic heterocycles. The Morgan fingerprint density at radius 3 is 2.41 bits per heavy atom. The second-order valence-corrected chi connectivity index (χ2v) is 6.92. The quantitative estimate of drug-likeness (QED) is 0.303. The number of aromatic hydroxyl groups is 1. The first-order valence-electron chi connectivity index (χ1n) is 9.38. The third-order valence-electron chi connectivity index (χ3n) is 4.55. The molecule has 0 saturated carbocycles. The fourth-order valence-corrected chi connectivity index (χ4v) is 2.95. The van der Waals surface area contributed by atoms with E-state index in [-0.39, 0.29) is 24.1 Å². The molecule has 1 fully saturated rings. The van der Waals surface area contributed by atoms with Crippen molar-refractivity contribution in [1.82, 2.24) is 21.3 Å². The van der Waals surface area contributed by atoms with Gasteiger partial charge in [0.2, 0.25) is 17.7 Å². The highest BCUT2D eigenvalue weighted by Gasteiger charge is 2.28. The van der Waals surface area contributed by atoms with Gasteiger partial charge in [-0.3, -0.25) is 19.2 Å². The number of carboxylic acid groups (broad SMARTS) is 1. The van der Waals surface area contributed by atoms with Crippen molar-refractivity contribution < 1.29 is 29.4 Å². The number of phenolic OH excluding ortho intramolecular Hbond substituents is 1. The number of hydrogen-bond acceptors (Lipinski definition) is 6. The summed E-state index contributed by atoms with van der Waals surface area (Å²) in [5.41, 5.74) is 0.658. The van der Waals surface area contributed by atoms with Crippen molar-refractivity contribution in [1.29, 1.82) is 0 Å². The van der Waals surface area contributed by atoms with Gasteiger partial charge in [0.15, 0.2) is 0 Å². The molecule has 0 bridgehead atoms. The second-order valence-electron chi connectivity index (χ2n) is 6.92. The van der Waals surface area contributed by atoms with Crippen LogP contribution in [0.3, 0.4) is 0 Å². The van der Waals surface area contributed by atoms with Crippen molar-refractivity contribution in [2.24, 2.45) is 0 Å². The number of phenols is 1. The van der Waals surface area contributed by atoms with Gasteiger partial charge < -0.3 is 31.5 Å². The third kappa shape index (κ3) is 7.07. The van der Waals surface area contributed by atoms with E-state index >= 15 is 0 Å². The number of benzene rings is 1. The van der Waals surface area contributed by atoms with Crippen LogP contribution in [0.2, 0.25) is 0 Å². The van der Waals surface area contributed by atoms with Crippen molar-refractivity contribution in [2.75, 3.05) is 13.1 Å². The van der Waals surface area contributed by atoms with Crippen LogP contribution in [0.4, 0.5) is 0 Å². The molecule has 1 aliphatic rings. The number of carbonyl (C=O) groups excluding carboxylic acids is 3. The van der Waals surface area contributed by atoms with E-state index in [2.05, 4.69) is 21.3 Å². The van der Waals surface area contributed by atoms with E-state index in [1.807, 2.05) is 0 Å². The average molecular weight is 406 g/mol. The van der Waals surface area contributed by atoms with Gasteiger partial charge in [-0.25, -0.2) is 0 Å². The highest BCUT2D eigenvalue weighted by molar-refractivity contribution is 5.93. The number of nitrogens with one attached hydrogen (secondary N) is 4. The zero-order chi connectivity index (χ0) is 21.4. The zero-order valence-electron chi connectivity index (χ0n) is 16.1. The third-order valence-corrected chi connectivity index (χ3v) is 4.55. The van der Waals surface area contributed by atoms with Gasteiger partial charge in [-0.15, -0.1) is 0 Å². The van der Waals surface area contributed by atoms with Crippen molar-refractivity contribution in [3.8, 4) is 5.75 Å². The Morgan fingerprint density at radius 2 is 1.83 bits per heavy atom. The number of amides is 3. The van der Waals surface area contributed by atoms with Crippen molar-refractivity contribution >= 4 is 23.7 Å². The minimum Gasteiger partial charge on any atom is -0.508 e. The van der Waals surface area contributed by atoms with Crippen LogP contribution in [0.15, 0.2) is 24.3 Å². The predicted molar refractivity (Wildman–Crippen MR) is 103 cm³/mol. The Labute approximate surface area is 168 Å². The van der Waals surface area contributed by atoms with E-state index in [9.17, 15) is 24.3 Å². The minimum atomic E-state index is -1.21. The van der Waals surface area contributed by atoms with Crippen LogP contribution >= 0.6 is 0 Å². The summed E-state index contributed by atoms with van der Waals surface area (Å²) in [5, 5.41) is 28.6.